The molecule has 1 heterocycles. The normalized spacial score (nSPS) is 25.8. The van der Waals surface area contributed by atoms with Crippen LogP contribution in [0.3, 0.4) is 0 Å². The fourth-order valence-corrected chi connectivity index (χ4v) is 4.65. The molecule has 0 radical (unpaired) electrons. The Labute approximate surface area is 90.8 Å². The minimum Gasteiger partial charge on any atom is -0.316 e. The Morgan fingerprint density at radius 2 is 2.31 bits per heavy atom. The first-order chi connectivity index (χ1) is 6.38. The number of hydrogen-bond donors (Lipinski definition) is 1. The molecule has 1 N–H and O–H groups in total. The molecular formula is C10H21NS2. The van der Waals surface area contributed by atoms with Crippen LogP contribution in [0.25, 0.3) is 0 Å². The molecule has 0 aliphatic carbocycles. The number of nitrogens with one attached hydrogen (secondary N) is 1. The molecule has 0 spiro atoms. The highest BCUT2D eigenvalue weighted by molar-refractivity contribution is 8.06. The van der Waals surface area contributed by atoms with Gasteiger partial charge in [-0.1, -0.05) is 19.8 Å². The third kappa shape index (κ3) is 4.13. The van der Waals surface area contributed by atoms with E-state index in [0.29, 0.717) is 0 Å². The van der Waals surface area contributed by atoms with Crippen LogP contribution in [0.4, 0.5) is 0 Å². The lowest BCUT2D eigenvalue weighted by Gasteiger charge is -2.29. The van der Waals surface area contributed by atoms with E-state index in [1.54, 1.807) is 0 Å². The van der Waals surface area contributed by atoms with Gasteiger partial charge in [-0.25, -0.2) is 0 Å². The van der Waals surface area contributed by atoms with Crippen LogP contribution in [-0.2, 0) is 0 Å². The molecule has 13 heavy (non-hydrogen) atoms. The summed E-state index contributed by atoms with van der Waals surface area (Å²) in [6.07, 6.45) is 4.04. The number of unbranched alkanes of at least 4 members (excludes halogenated alkanes) is 1. The molecule has 2 atom stereocenters. The molecule has 1 aliphatic rings. The summed E-state index contributed by atoms with van der Waals surface area (Å²) in [5.41, 5.74) is 0. The maximum absolute atomic E-state index is 3.47. The van der Waals surface area contributed by atoms with Gasteiger partial charge < -0.3 is 5.32 Å². The zero-order valence-electron chi connectivity index (χ0n) is 8.71. The van der Waals surface area contributed by atoms with Crippen LogP contribution in [0.15, 0.2) is 0 Å². The van der Waals surface area contributed by atoms with Gasteiger partial charge in [-0.2, -0.15) is 23.5 Å². The first kappa shape index (κ1) is 11.7. The lowest BCUT2D eigenvalue weighted by Crippen LogP contribution is -2.38. The predicted molar refractivity (Wildman–Crippen MR) is 65.9 cm³/mol. The molecule has 0 aromatic carbocycles. The van der Waals surface area contributed by atoms with Gasteiger partial charge in [0.2, 0.25) is 0 Å². The fourth-order valence-electron chi connectivity index (χ4n) is 1.68. The third-order valence-electron chi connectivity index (χ3n) is 2.53. The molecule has 78 valence electrons. The lowest BCUT2D eigenvalue weighted by atomic mass is 10.1. The van der Waals surface area contributed by atoms with Gasteiger partial charge in [0.1, 0.15) is 0 Å². The maximum atomic E-state index is 3.47. The van der Waals surface area contributed by atoms with E-state index in [0.717, 1.165) is 11.3 Å². The van der Waals surface area contributed by atoms with Gasteiger partial charge in [0.15, 0.2) is 0 Å². The summed E-state index contributed by atoms with van der Waals surface area (Å²) in [4.78, 5) is 0. The van der Waals surface area contributed by atoms with Crippen molar-refractivity contribution in [1.29, 1.82) is 0 Å². The fraction of sp³-hybridized carbons (Fsp3) is 1.00. The number of hydrogen-bond acceptors (Lipinski definition) is 3. The molecule has 0 amide bonds. The molecule has 1 saturated heterocycles. The molecule has 1 aliphatic heterocycles. The third-order valence-corrected chi connectivity index (χ3v) is 5.45. The lowest BCUT2D eigenvalue weighted by molar-refractivity contribution is 0.499. The summed E-state index contributed by atoms with van der Waals surface area (Å²) >= 11 is 4.28. The van der Waals surface area contributed by atoms with Crippen molar-refractivity contribution in [2.24, 2.45) is 0 Å². The molecule has 3 heteroatoms. The number of thioether (sulfide) groups is 2. The van der Waals surface area contributed by atoms with Crippen molar-refractivity contribution >= 4 is 23.5 Å². The van der Waals surface area contributed by atoms with E-state index in [1.165, 1.54) is 36.5 Å². The van der Waals surface area contributed by atoms with Crippen LogP contribution in [0.2, 0.25) is 0 Å². The van der Waals surface area contributed by atoms with Gasteiger partial charge in [0.05, 0.1) is 0 Å². The Bertz CT molecular complexity index is 124. The van der Waals surface area contributed by atoms with Gasteiger partial charge in [-0.15, -0.1) is 0 Å². The summed E-state index contributed by atoms with van der Waals surface area (Å²) < 4.78 is 0. The van der Waals surface area contributed by atoms with Crippen LogP contribution < -0.4 is 5.32 Å². The average Bonchev–Trinajstić information content (AvgIpc) is 2.21. The monoisotopic (exact) mass is 219 g/mol. The quantitative estimate of drug-likeness (QED) is 0.763. The zero-order valence-corrected chi connectivity index (χ0v) is 10.3. The summed E-state index contributed by atoms with van der Waals surface area (Å²) in [5, 5.41) is 4.33. The Kier molecular flexibility index (Phi) is 6.33. The summed E-state index contributed by atoms with van der Waals surface area (Å²) in [5.74, 6) is 4.05. The van der Waals surface area contributed by atoms with Crippen molar-refractivity contribution in [2.75, 3.05) is 24.3 Å². The summed E-state index contributed by atoms with van der Waals surface area (Å²) in [7, 11) is 2.11. The molecule has 0 aromatic heterocycles. The van der Waals surface area contributed by atoms with Gasteiger partial charge in [0, 0.05) is 28.6 Å². The average molecular weight is 219 g/mol. The second kappa shape index (κ2) is 7.02. The maximum Gasteiger partial charge on any atom is 0.0291 e. The molecule has 1 nitrogen and oxygen atoms in total. The largest absolute Gasteiger partial charge is 0.316 e. The van der Waals surface area contributed by atoms with Crippen molar-refractivity contribution < 1.29 is 0 Å². The Balaban J connectivity index is 2.26. The molecule has 1 fully saturated rings. The Morgan fingerprint density at radius 1 is 1.46 bits per heavy atom. The van der Waals surface area contributed by atoms with E-state index in [-0.39, 0.29) is 0 Å². The zero-order chi connectivity index (χ0) is 9.52. The van der Waals surface area contributed by atoms with E-state index in [4.69, 9.17) is 0 Å². The highest BCUT2D eigenvalue weighted by Gasteiger charge is 2.22. The molecule has 0 aromatic rings. The van der Waals surface area contributed by atoms with E-state index < -0.39 is 0 Å². The van der Waals surface area contributed by atoms with E-state index >= 15 is 0 Å². The van der Waals surface area contributed by atoms with Crippen LogP contribution in [0.5, 0.6) is 0 Å². The Hall–Kier alpha value is 0.660. The first-order valence-corrected chi connectivity index (χ1v) is 7.45. The van der Waals surface area contributed by atoms with Gasteiger partial charge in [0.25, 0.3) is 0 Å². The first-order valence-electron chi connectivity index (χ1n) is 5.25. The van der Waals surface area contributed by atoms with Crippen LogP contribution >= 0.6 is 23.5 Å². The second-order valence-electron chi connectivity index (χ2n) is 3.52. The van der Waals surface area contributed by atoms with Crippen LogP contribution in [0.1, 0.15) is 26.2 Å². The SMILES string of the molecule is CCCCC(NC)C1CSCCS1. The molecule has 2 unspecified atom stereocenters. The van der Waals surface area contributed by atoms with Crippen molar-refractivity contribution in [3.63, 3.8) is 0 Å². The summed E-state index contributed by atoms with van der Waals surface area (Å²) in [6.45, 7) is 2.27. The molecular weight excluding hydrogens is 198 g/mol. The highest BCUT2D eigenvalue weighted by atomic mass is 32.2. The number of rotatable bonds is 5. The smallest absolute Gasteiger partial charge is 0.0291 e. The van der Waals surface area contributed by atoms with Crippen LogP contribution in [-0.4, -0.2) is 35.6 Å². The predicted octanol–water partition coefficient (Wildman–Crippen LogP) is 2.61. The van der Waals surface area contributed by atoms with E-state index in [1.807, 2.05) is 0 Å². The molecule has 1 rings (SSSR count). The van der Waals surface area contributed by atoms with Crippen molar-refractivity contribution in [2.45, 2.75) is 37.5 Å². The second-order valence-corrected chi connectivity index (χ2v) is 6.02. The summed E-state index contributed by atoms with van der Waals surface area (Å²) in [6, 6.07) is 0.748. The topological polar surface area (TPSA) is 12.0 Å². The van der Waals surface area contributed by atoms with Gasteiger partial charge in [-0.05, 0) is 13.5 Å². The van der Waals surface area contributed by atoms with Crippen LogP contribution in [0, 0.1) is 0 Å². The van der Waals surface area contributed by atoms with Gasteiger partial charge >= 0.3 is 0 Å². The molecule has 0 saturated carbocycles. The Morgan fingerprint density at radius 3 is 2.85 bits per heavy atom. The van der Waals surface area contributed by atoms with Crippen molar-refractivity contribution in [1.82, 2.24) is 5.32 Å². The van der Waals surface area contributed by atoms with E-state index in [9.17, 15) is 0 Å². The highest BCUT2D eigenvalue weighted by Crippen LogP contribution is 2.28. The van der Waals surface area contributed by atoms with E-state index in [2.05, 4.69) is 42.8 Å². The molecule has 0 bridgehead atoms. The van der Waals surface area contributed by atoms with Crippen molar-refractivity contribution in [3.8, 4) is 0 Å². The van der Waals surface area contributed by atoms with Crippen molar-refractivity contribution in [3.05, 3.63) is 0 Å². The standard InChI is InChI=1S/C10H21NS2/c1-3-4-5-9(11-2)10-8-12-6-7-13-10/h9-11H,3-8H2,1-2H3. The van der Waals surface area contributed by atoms with Gasteiger partial charge in [-0.3, -0.25) is 0 Å². The minimum atomic E-state index is 0.748. The minimum absolute atomic E-state index is 0.748.